The van der Waals surface area contributed by atoms with Gasteiger partial charge < -0.3 is 11.1 Å². The van der Waals surface area contributed by atoms with Gasteiger partial charge in [0, 0.05) is 19.5 Å². The van der Waals surface area contributed by atoms with E-state index in [0.717, 1.165) is 18.7 Å². The fraction of sp³-hybridized carbons (Fsp3) is 0.692. The Hall–Kier alpha value is -1.36. The lowest BCUT2D eigenvalue weighted by Crippen LogP contribution is -2.19. The molecule has 0 aliphatic carbocycles. The Bertz CT molecular complexity index is 373. The van der Waals surface area contributed by atoms with Crippen molar-refractivity contribution in [2.45, 2.75) is 33.1 Å². The summed E-state index contributed by atoms with van der Waals surface area (Å²) in [4.78, 5) is 11.8. The second kappa shape index (κ2) is 7.16. The van der Waals surface area contributed by atoms with Gasteiger partial charge in [0.05, 0.1) is 6.20 Å². The van der Waals surface area contributed by atoms with Gasteiger partial charge in [-0.15, -0.1) is 0 Å². The van der Waals surface area contributed by atoms with Crippen LogP contribution in [0.25, 0.3) is 0 Å². The molecule has 3 N–H and O–H groups in total. The van der Waals surface area contributed by atoms with Crippen LogP contribution < -0.4 is 11.1 Å². The van der Waals surface area contributed by atoms with Crippen molar-refractivity contribution in [3.8, 4) is 0 Å². The first-order chi connectivity index (χ1) is 8.54. The molecule has 0 aliphatic rings. The molecule has 1 unspecified atom stereocenters. The van der Waals surface area contributed by atoms with Crippen LogP contribution in [0.1, 0.15) is 33.1 Å². The molecule has 1 rings (SSSR count). The molecule has 1 amide bonds. The number of aryl methyl sites for hydroxylation is 1. The summed E-state index contributed by atoms with van der Waals surface area (Å²) in [5.74, 6) is 1.87. The minimum absolute atomic E-state index is 0.0428. The molecule has 5 nitrogen and oxygen atoms in total. The predicted molar refractivity (Wildman–Crippen MR) is 73.1 cm³/mol. The third-order valence-electron chi connectivity index (χ3n) is 3.31. The average molecular weight is 252 g/mol. The molecular formula is C13H24N4O. The van der Waals surface area contributed by atoms with E-state index in [1.54, 1.807) is 24.0 Å². The van der Waals surface area contributed by atoms with Crippen molar-refractivity contribution in [2.75, 3.05) is 11.9 Å². The zero-order chi connectivity index (χ0) is 13.5. The minimum atomic E-state index is 0.0428. The number of hydrogen-bond donors (Lipinski definition) is 2. The summed E-state index contributed by atoms with van der Waals surface area (Å²) in [5, 5.41) is 6.86. The van der Waals surface area contributed by atoms with Crippen LogP contribution in [0.5, 0.6) is 0 Å². The molecule has 0 saturated carbocycles. The van der Waals surface area contributed by atoms with Crippen molar-refractivity contribution >= 4 is 11.7 Å². The SMILES string of the molecule is CC(C)C(CCN)CCC(=O)Nc1ccnn1C. The van der Waals surface area contributed by atoms with E-state index in [2.05, 4.69) is 24.3 Å². The molecule has 102 valence electrons. The molecule has 5 heteroatoms. The highest BCUT2D eigenvalue weighted by molar-refractivity contribution is 5.89. The molecule has 1 aromatic rings. The molecular weight excluding hydrogens is 228 g/mol. The molecule has 1 heterocycles. The first-order valence-corrected chi connectivity index (χ1v) is 6.52. The van der Waals surface area contributed by atoms with Gasteiger partial charge in [0.1, 0.15) is 5.82 Å². The highest BCUT2D eigenvalue weighted by Gasteiger charge is 2.14. The van der Waals surface area contributed by atoms with Crippen LogP contribution in [-0.4, -0.2) is 22.2 Å². The van der Waals surface area contributed by atoms with Crippen molar-refractivity contribution in [2.24, 2.45) is 24.6 Å². The standard InChI is InChI=1S/C13H24N4O/c1-10(2)11(6-8-14)4-5-13(18)16-12-7-9-15-17(12)3/h7,9-11H,4-6,8,14H2,1-3H3,(H,16,18). The number of hydrogen-bond acceptors (Lipinski definition) is 3. The van der Waals surface area contributed by atoms with Crippen molar-refractivity contribution in [1.29, 1.82) is 0 Å². The van der Waals surface area contributed by atoms with Gasteiger partial charge in [-0.1, -0.05) is 13.8 Å². The van der Waals surface area contributed by atoms with Gasteiger partial charge in [-0.2, -0.15) is 5.10 Å². The van der Waals surface area contributed by atoms with Crippen molar-refractivity contribution in [3.63, 3.8) is 0 Å². The third kappa shape index (κ3) is 4.49. The molecule has 1 aromatic heterocycles. The number of nitrogens with two attached hydrogens (primary N) is 1. The van der Waals surface area contributed by atoms with Crippen LogP contribution in [-0.2, 0) is 11.8 Å². The summed E-state index contributed by atoms with van der Waals surface area (Å²) in [6.07, 6.45) is 4.07. The van der Waals surface area contributed by atoms with Crippen LogP contribution >= 0.6 is 0 Å². The van der Waals surface area contributed by atoms with E-state index in [1.165, 1.54) is 0 Å². The number of aromatic nitrogens is 2. The fourth-order valence-electron chi connectivity index (χ4n) is 2.04. The summed E-state index contributed by atoms with van der Waals surface area (Å²) < 4.78 is 1.65. The summed E-state index contributed by atoms with van der Waals surface area (Å²) in [5.41, 5.74) is 5.59. The topological polar surface area (TPSA) is 72.9 Å². The van der Waals surface area contributed by atoms with Crippen molar-refractivity contribution in [1.82, 2.24) is 9.78 Å². The Labute approximate surface area is 109 Å². The Morgan fingerprint density at radius 2 is 2.22 bits per heavy atom. The zero-order valence-corrected chi connectivity index (χ0v) is 11.5. The molecule has 0 saturated heterocycles. The first kappa shape index (κ1) is 14.7. The first-order valence-electron chi connectivity index (χ1n) is 6.52. The number of amides is 1. The molecule has 1 atom stereocenters. The maximum atomic E-state index is 11.8. The van der Waals surface area contributed by atoms with Crippen LogP contribution in [0.2, 0.25) is 0 Å². The number of anilines is 1. The summed E-state index contributed by atoms with van der Waals surface area (Å²) >= 11 is 0. The Morgan fingerprint density at radius 3 is 2.72 bits per heavy atom. The second-order valence-corrected chi connectivity index (χ2v) is 5.01. The van der Waals surface area contributed by atoms with E-state index in [9.17, 15) is 4.79 Å². The van der Waals surface area contributed by atoms with Gasteiger partial charge in [-0.05, 0) is 31.2 Å². The molecule has 0 radical (unpaired) electrons. The average Bonchev–Trinajstić information content (AvgIpc) is 2.70. The van der Waals surface area contributed by atoms with E-state index >= 15 is 0 Å². The zero-order valence-electron chi connectivity index (χ0n) is 11.5. The maximum Gasteiger partial charge on any atom is 0.225 e. The Morgan fingerprint density at radius 1 is 1.50 bits per heavy atom. The molecule has 18 heavy (non-hydrogen) atoms. The highest BCUT2D eigenvalue weighted by Crippen LogP contribution is 2.20. The number of nitrogens with one attached hydrogen (secondary N) is 1. The van der Waals surface area contributed by atoms with E-state index in [0.29, 0.717) is 24.8 Å². The Balaban J connectivity index is 2.38. The highest BCUT2D eigenvalue weighted by atomic mass is 16.1. The fourth-order valence-corrected chi connectivity index (χ4v) is 2.04. The molecule has 0 spiro atoms. The van der Waals surface area contributed by atoms with Crippen LogP contribution in [0, 0.1) is 11.8 Å². The summed E-state index contributed by atoms with van der Waals surface area (Å²) in [7, 11) is 1.81. The van der Waals surface area contributed by atoms with Gasteiger partial charge in [-0.3, -0.25) is 9.48 Å². The van der Waals surface area contributed by atoms with E-state index in [4.69, 9.17) is 5.73 Å². The maximum absolute atomic E-state index is 11.8. The van der Waals surface area contributed by atoms with E-state index in [-0.39, 0.29) is 5.91 Å². The minimum Gasteiger partial charge on any atom is -0.330 e. The summed E-state index contributed by atoms with van der Waals surface area (Å²) in [6, 6.07) is 1.79. The van der Waals surface area contributed by atoms with E-state index < -0.39 is 0 Å². The summed E-state index contributed by atoms with van der Waals surface area (Å²) in [6.45, 7) is 5.05. The molecule has 0 bridgehead atoms. The number of carbonyl (C=O) groups excluding carboxylic acids is 1. The van der Waals surface area contributed by atoms with Gasteiger partial charge in [0.25, 0.3) is 0 Å². The molecule has 0 aliphatic heterocycles. The van der Waals surface area contributed by atoms with Crippen LogP contribution in [0.15, 0.2) is 12.3 Å². The monoisotopic (exact) mass is 252 g/mol. The van der Waals surface area contributed by atoms with E-state index in [1.807, 2.05) is 0 Å². The third-order valence-corrected chi connectivity index (χ3v) is 3.31. The Kier molecular flexibility index (Phi) is 5.85. The number of carbonyl (C=O) groups is 1. The lowest BCUT2D eigenvalue weighted by Gasteiger charge is -2.19. The largest absolute Gasteiger partial charge is 0.330 e. The smallest absolute Gasteiger partial charge is 0.225 e. The van der Waals surface area contributed by atoms with Gasteiger partial charge >= 0.3 is 0 Å². The van der Waals surface area contributed by atoms with Crippen molar-refractivity contribution in [3.05, 3.63) is 12.3 Å². The number of rotatable bonds is 7. The van der Waals surface area contributed by atoms with Crippen LogP contribution in [0.4, 0.5) is 5.82 Å². The van der Waals surface area contributed by atoms with Crippen molar-refractivity contribution < 1.29 is 4.79 Å². The van der Waals surface area contributed by atoms with Gasteiger partial charge in [0.2, 0.25) is 5.91 Å². The lowest BCUT2D eigenvalue weighted by molar-refractivity contribution is -0.116. The van der Waals surface area contributed by atoms with Gasteiger partial charge in [-0.25, -0.2) is 0 Å². The molecule has 0 aromatic carbocycles. The van der Waals surface area contributed by atoms with Gasteiger partial charge in [0.15, 0.2) is 0 Å². The van der Waals surface area contributed by atoms with Crippen LogP contribution in [0.3, 0.4) is 0 Å². The molecule has 0 fully saturated rings. The normalized spacial score (nSPS) is 12.7. The quantitative estimate of drug-likeness (QED) is 0.776. The lowest BCUT2D eigenvalue weighted by atomic mass is 9.88. The predicted octanol–water partition coefficient (Wildman–Crippen LogP) is 1.76. The second-order valence-electron chi connectivity index (χ2n) is 5.01. The number of nitrogens with zero attached hydrogens (tertiary/aromatic N) is 2.